The van der Waals surface area contributed by atoms with Gasteiger partial charge in [-0.05, 0) is 152 Å². The summed E-state index contributed by atoms with van der Waals surface area (Å²) in [5, 5.41) is 10.0. The molecule has 1 aromatic heterocycles. The molecule has 0 atom stereocenters. The van der Waals surface area contributed by atoms with E-state index in [0.717, 1.165) is 82.5 Å². The highest BCUT2D eigenvalue weighted by atomic mass is 31.2. The first-order chi connectivity index (χ1) is 35.3. The van der Waals surface area contributed by atoms with Crippen molar-refractivity contribution in [1.29, 1.82) is 0 Å². The summed E-state index contributed by atoms with van der Waals surface area (Å²) in [5.41, 5.74) is 10.4. The molecular formula is C67H54N3OP. The van der Waals surface area contributed by atoms with Crippen molar-refractivity contribution in [2.45, 2.75) is 37.5 Å². The van der Waals surface area contributed by atoms with Crippen molar-refractivity contribution < 1.29 is 4.57 Å². The minimum atomic E-state index is -2.60. The van der Waals surface area contributed by atoms with Gasteiger partial charge in [0.2, 0.25) is 0 Å². The Bertz CT molecular complexity index is 3830. The van der Waals surface area contributed by atoms with E-state index in [9.17, 15) is 4.57 Å². The van der Waals surface area contributed by atoms with Crippen LogP contribution in [0.4, 0.5) is 0 Å². The van der Waals surface area contributed by atoms with E-state index in [0.29, 0.717) is 29.3 Å². The van der Waals surface area contributed by atoms with E-state index < -0.39 is 7.14 Å². The van der Waals surface area contributed by atoms with Crippen molar-refractivity contribution in [3.8, 4) is 56.4 Å². The second-order valence-electron chi connectivity index (χ2n) is 21.4. The first-order valence-electron chi connectivity index (χ1n) is 25.8. The van der Waals surface area contributed by atoms with Crippen LogP contribution in [0.25, 0.3) is 99.5 Å². The minimum Gasteiger partial charge on any atom is -0.319 e. The summed E-state index contributed by atoms with van der Waals surface area (Å²) in [6.45, 7) is 3.82. The number of hydrogen-bond acceptors (Lipinski definition) is 4. The summed E-state index contributed by atoms with van der Waals surface area (Å²) in [6.07, 6.45) is 6.52. The molecule has 0 amide bonds. The first-order valence-corrected chi connectivity index (χ1v) is 28.4. The van der Waals surface area contributed by atoms with Gasteiger partial charge in [-0.1, -0.05) is 200 Å². The molecule has 0 saturated heterocycles. The second-order valence-corrected chi connectivity index (χ2v) is 24.6. The van der Waals surface area contributed by atoms with Crippen molar-refractivity contribution in [2.24, 2.45) is 23.7 Å². The van der Waals surface area contributed by atoms with Gasteiger partial charge in [-0.15, -0.1) is 0 Å². The predicted octanol–water partition coefficient (Wildman–Crippen LogP) is 16.8. The number of fused-ring (bicyclic) bond motifs is 4. The Morgan fingerprint density at radius 3 is 1.26 bits per heavy atom. The molecule has 348 valence electrons. The lowest BCUT2D eigenvalue weighted by Crippen LogP contribution is -2.56. The van der Waals surface area contributed by atoms with Crippen LogP contribution in [-0.2, 0) is 9.98 Å². The van der Waals surface area contributed by atoms with E-state index >= 15 is 0 Å². The van der Waals surface area contributed by atoms with Crippen molar-refractivity contribution in [3.63, 3.8) is 0 Å². The molecule has 15 rings (SSSR count). The SMILES string of the molecule is CP(C)(=O)c1c2ccccc2c(-c2ccc(C3(c4ccc(-c5nc(-c6ccc(-c7ccccc7)cc6)nc(-c6c7ccccc7cc7ccccc67)n5)cc4)C4CC5CC(C4)CC3C5)cc2)c2ccccc12. The van der Waals surface area contributed by atoms with Gasteiger partial charge >= 0.3 is 0 Å². The smallest absolute Gasteiger partial charge is 0.165 e. The van der Waals surface area contributed by atoms with Gasteiger partial charge in [0.15, 0.2) is 17.5 Å². The summed E-state index contributed by atoms with van der Waals surface area (Å²) < 4.78 is 14.0. The molecule has 4 bridgehead atoms. The zero-order valence-corrected chi connectivity index (χ0v) is 41.6. The van der Waals surface area contributed by atoms with Gasteiger partial charge in [-0.25, -0.2) is 15.0 Å². The Kier molecular flexibility index (Phi) is 10.1. The van der Waals surface area contributed by atoms with E-state index in [1.165, 1.54) is 59.9 Å². The molecule has 11 aromatic rings. The third kappa shape index (κ3) is 6.94. The van der Waals surface area contributed by atoms with Gasteiger partial charge in [0.05, 0.1) is 0 Å². The van der Waals surface area contributed by atoms with Crippen LogP contribution in [0.1, 0.15) is 43.2 Å². The molecule has 4 fully saturated rings. The van der Waals surface area contributed by atoms with Crippen LogP contribution in [0.15, 0.2) is 206 Å². The molecule has 4 aliphatic rings. The maximum Gasteiger partial charge on any atom is 0.165 e. The molecule has 4 aliphatic carbocycles. The third-order valence-corrected chi connectivity index (χ3v) is 18.6. The molecule has 0 radical (unpaired) electrons. The number of rotatable bonds is 8. The lowest BCUT2D eigenvalue weighted by Gasteiger charge is -2.62. The van der Waals surface area contributed by atoms with E-state index in [4.69, 9.17) is 15.0 Å². The second kappa shape index (κ2) is 16.8. The number of aromatic nitrogens is 3. The third-order valence-electron chi connectivity index (χ3n) is 17.0. The standard InChI is InChI=1S/C67H54N3OP/c1-72(2,71)63-59-22-12-10-20-57(59)61(58-21-11-13-23-60(58)63)46-28-32-51(33-29-46)67(53-37-42-36-43(39-53)40-54(67)38-42)52-34-30-48(31-35-52)65-68-64(47-26-24-45(25-27-47)44-14-4-3-5-15-44)69-66(70-65)62-55-18-8-6-16-49(55)41-50-17-7-9-19-56(50)62/h3-35,41-43,53-54H,36-40H2,1-2H3. The summed E-state index contributed by atoms with van der Waals surface area (Å²) in [5.74, 6) is 4.77. The maximum absolute atomic E-state index is 14.0. The van der Waals surface area contributed by atoms with Crippen LogP contribution in [0.5, 0.6) is 0 Å². The Balaban J connectivity index is 0.909. The van der Waals surface area contributed by atoms with Crippen LogP contribution in [0, 0.1) is 23.7 Å². The van der Waals surface area contributed by atoms with E-state index in [1.807, 2.05) is 13.3 Å². The monoisotopic (exact) mass is 947 g/mol. The van der Waals surface area contributed by atoms with Gasteiger partial charge < -0.3 is 4.57 Å². The molecule has 1 heterocycles. The molecule has 4 saturated carbocycles. The molecule has 0 spiro atoms. The molecule has 5 heteroatoms. The molecular weight excluding hydrogens is 894 g/mol. The fraction of sp³-hybridized carbons (Fsp3) is 0.179. The van der Waals surface area contributed by atoms with Gasteiger partial charge in [0.1, 0.15) is 7.14 Å². The van der Waals surface area contributed by atoms with Crippen molar-refractivity contribution in [2.75, 3.05) is 13.3 Å². The number of nitrogens with zero attached hydrogens (tertiary/aromatic N) is 3. The quantitative estimate of drug-likeness (QED) is 0.112. The molecule has 0 unspecified atom stereocenters. The predicted molar refractivity (Wildman–Crippen MR) is 300 cm³/mol. The highest BCUT2D eigenvalue weighted by molar-refractivity contribution is 7.71. The van der Waals surface area contributed by atoms with E-state index in [1.54, 1.807) is 0 Å². The van der Waals surface area contributed by atoms with Crippen LogP contribution < -0.4 is 5.30 Å². The highest BCUT2D eigenvalue weighted by Gasteiger charge is 2.58. The van der Waals surface area contributed by atoms with Crippen LogP contribution >= 0.6 is 7.14 Å². The summed E-state index contributed by atoms with van der Waals surface area (Å²) in [4.78, 5) is 16.1. The largest absolute Gasteiger partial charge is 0.319 e. The molecule has 0 aliphatic heterocycles. The van der Waals surface area contributed by atoms with Crippen LogP contribution in [0.3, 0.4) is 0 Å². The first kappa shape index (κ1) is 43.3. The van der Waals surface area contributed by atoms with Crippen molar-refractivity contribution in [1.82, 2.24) is 15.0 Å². The molecule has 0 N–H and O–H groups in total. The summed E-state index contributed by atoms with van der Waals surface area (Å²) in [6, 6.07) is 74.9. The van der Waals surface area contributed by atoms with Crippen molar-refractivity contribution in [3.05, 3.63) is 217 Å². The topological polar surface area (TPSA) is 55.7 Å². The average molecular weight is 948 g/mol. The highest BCUT2D eigenvalue weighted by Crippen LogP contribution is 2.65. The fourth-order valence-corrected chi connectivity index (χ4v) is 15.8. The Morgan fingerprint density at radius 1 is 0.375 bits per heavy atom. The van der Waals surface area contributed by atoms with E-state index in [-0.39, 0.29) is 5.41 Å². The number of benzene rings is 10. The summed E-state index contributed by atoms with van der Waals surface area (Å²) in [7, 11) is -2.60. The Labute approximate surface area is 421 Å². The van der Waals surface area contributed by atoms with E-state index in [2.05, 4.69) is 206 Å². The van der Waals surface area contributed by atoms with Crippen LogP contribution in [-0.4, -0.2) is 28.3 Å². The molecule has 10 aromatic carbocycles. The lowest BCUT2D eigenvalue weighted by atomic mass is 9.42. The maximum atomic E-state index is 14.0. The van der Waals surface area contributed by atoms with Gasteiger partial charge in [0, 0.05) is 27.4 Å². The molecule has 72 heavy (non-hydrogen) atoms. The Hall–Kier alpha value is -7.52. The van der Waals surface area contributed by atoms with Gasteiger partial charge in [0.25, 0.3) is 0 Å². The normalized spacial score (nSPS) is 20.5. The fourth-order valence-electron chi connectivity index (χ4n) is 14.3. The van der Waals surface area contributed by atoms with Crippen LogP contribution in [0.2, 0.25) is 0 Å². The van der Waals surface area contributed by atoms with Gasteiger partial charge in [-0.3, -0.25) is 0 Å². The Morgan fingerprint density at radius 2 is 0.764 bits per heavy atom. The van der Waals surface area contributed by atoms with Crippen molar-refractivity contribution >= 4 is 55.5 Å². The minimum absolute atomic E-state index is 0.104. The zero-order valence-electron chi connectivity index (χ0n) is 40.7. The summed E-state index contributed by atoms with van der Waals surface area (Å²) >= 11 is 0. The average Bonchev–Trinajstić information content (AvgIpc) is 3.42. The molecule has 4 nitrogen and oxygen atoms in total. The van der Waals surface area contributed by atoms with Gasteiger partial charge in [-0.2, -0.15) is 0 Å². The lowest BCUT2D eigenvalue weighted by molar-refractivity contribution is -0.0418. The zero-order chi connectivity index (χ0) is 48.1. The number of hydrogen-bond donors (Lipinski definition) is 0.